The van der Waals surface area contributed by atoms with E-state index in [0.717, 1.165) is 19.3 Å². The third-order valence-electron chi connectivity index (χ3n) is 3.95. The van der Waals surface area contributed by atoms with E-state index in [1.165, 1.54) is 6.07 Å². The number of benzene rings is 1. The maximum absolute atomic E-state index is 11.2. The molecule has 2 unspecified atom stereocenters. The molecule has 1 saturated carbocycles. The Bertz CT molecular complexity index is 550. The van der Waals surface area contributed by atoms with Crippen molar-refractivity contribution in [2.24, 2.45) is 11.8 Å². The number of carboxylic acid groups (broad SMARTS) is 1. The van der Waals surface area contributed by atoms with Crippen molar-refractivity contribution >= 4 is 28.9 Å². The molecule has 7 heteroatoms. The Labute approximate surface area is 127 Å². The summed E-state index contributed by atoms with van der Waals surface area (Å²) >= 11 is 5.85. The fraction of sp³-hybridized carbons (Fsp3) is 0.500. The zero-order valence-corrected chi connectivity index (χ0v) is 12.2. The van der Waals surface area contributed by atoms with Crippen LogP contribution >= 0.6 is 11.6 Å². The highest BCUT2D eigenvalue weighted by molar-refractivity contribution is 6.33. The molecular formula is C14H17ClN2O4. The zero-order chi connectivity index (χ0) is 15.4. The van der Waals surface area contributed by atoms with Gasteiger partial charge in [-0.15, -0.1) is 0 Å². The minimum absolute atomic E-state index is 0.0187. The second-order valence-corrected chi connectivity index (χ2v) is 5.67. The van der Waals surface area contributed by atoms with E-state index >= 15 is 0 Å². The van der Waals surface area contributed by atoms with Gasteiger partial charge < -0.3 is 10.4 Å². The highest BCUT2D eigenvalue weighted by Crippen LogP contribution is 2.34. The average molecular weight is 313 g/mol. The Morgan fingerprint density at radius 3 is 2.81 bits per heavy atom. The quantitative estimate of drug-likeness (QED) is 0.640. The fourth-order valence-electron chi connectivity index (χ4n) is 2.86. The first-order valence-electron chi connectivity index (χ1n) is 6.90. The van der Waals surface area contributed by atoms with Crippen LogP contribution < -0.4 is 5.32 Å². The van der Waals surface area contributed by atoms with Crippen molar-refractivity contribution in [3.05, 3.63) is 33.3 Å². The van der Waals surface area contributed by atoms with Crippen LogP contribution in [-0.4, -0.2) is 22.5 Å². The molecule has 0 radical (unpaired) electrons. The Morgan fingerprint density at radius 2 is 2.14 bits per heavy atom. The Balaban J connectivity index is 2.10. The average Bonchev–Trinajstić information content (AvgIpc) is 2.44. The van der Waals surface area contributed by atoms with E-state index in [4.69, 9.17) is 11.6 Å². The van der Waals surface area contributed by atoms with Crippen LogP contribution in [0, 0.1) is 22.0 Å². The van der Waals surface area contributed by atoms with E-state index in [1.54, 1.807) is 12.1 Å². The molecule has 2 atom stereocenters. The van der Waals surface area contributed by atoms with Crippen molar-refractivity contribution in [1.29, 1.82) is 0 Å². The summed E-state index contributed by atoms with van der Waals surface area (Å²) in [7, 11) is 0. The molecule has 0 aliphatic heterocycles. The molecule has 0 saturated heterocycles. The summed E-state index contributed by atoms with van der Waals surface area (Å²) in [5.74, 6) is -1.19. The van der Waals surface area contributed by atoms with Crippen molar-refractivity contribution in [3.63, 3.8) is 0 Å². The van der Waals surface area contributed by atoms with Crippen LogP contribution in [0.2, 0.25) is 5.02 Å². The lowest BCUT2D eigenvalue weighted by atomic mass is 9.79. The van der Waals surface area contributed by atoms with Crippen LogP contribution in [0.5, 0.6) is 0 Å². The number of hydrogen-bond acceptors (Lipinski definition) is 4. The number of rotatable bonds is 5. The first-order valence-corrected chi connectivity index (χ1v) is 7.28. The van der Waals surface area contributed by atoms with Crippen LogP contribution in [-0.2, 0) is 4.79 Å². The van der Waals surface area contributed by atoms with Crippen LogP contribution in [0.1, 0.15) is 25.7 Å². The maximum Gasteiger partial charge on any atom is 0.310 e. The van der Waals surface area contributed by atoms with Gasteiger partial charge in [0.05, 0.1) is 10.8 Å². The van der Waals surface area contributed by atoms with Crippen molar-refractivity contribution in [3.8, 4) is 0 Å². The van der Waals surface area contributed by atoms with Gasteiger partial charge in [-0.1, -0.05) is 30.5 Å². The number of nitrogens with one attached hydrogen (secondary N) is 1. The van der Waals surface area contributed by atoms with E-state index in [9.17, 15) is 20.0 Å². The van der Waals surface area contributed by atoms with Gasteiger partial charge in [0.2, 0.25) is 0 Å². The van der Waals surface area contributed by atoms with Gasteiger partial charge in [-0.25, -0.2) is 0 Å². The highest BCUT2D eigenvalue weighted by Gasteiger charge is 2.31. The molecule has 0 heterocycles. The van der Waals surface area contributed by atoms with Crippen LogP contribution in [0.3, 0.4) is 0 Å². The summed E-state index contributed by atoms with van der Waals surface area (Å²) in [6.45, 7) is 0.401. The molecule has 1 aliphatic rings. The molecule has 1 aromatic rings. The van der Waals surface area contributed by atoms with Gasteiger partial charge in [-0.3, -0.25) is 14.9 Å². The number of anilines is 1. The lowest BCUT2D eigenvalue weighted by Crippen LogP contribution is -2.31. The van der Waals surface area contributed by atoms with E-state index < -0.39 is 10.9 Å². The SMILES string of the molecule is O=C(O)C1CCCCC1CNc1cccc(Cl)c1[N+](=O)[O-]. The van der Waals surface area contributed by atoms with Gasteiger partial charge in [0, 0.05) is 6.54 Å². The summed E-state index contributed by atoms with van der Waals surface area (Å²) in [6.07, 6.45) is 3.40. The number of para-hydroxylation sites is 1. The fourth-order valence-corrected chi connectivity index (χ4v) is 3.11. The van der Waals surface area contributed by atoms with Gasteiger partial charge in [0.1, 0.15) is 10.7 Å². The molecule has 1 fully saturated rings. The van der Waals surface area contributed by atoms with Crippen molar-refractivity contribution in [2.75, 3.05) is 11.9 Å². The van der Waals surface area contributed by atoms with E-state index in [1.807, 2.05) is 0 Å². The molecule has 21 heavy (non-hydrogen) atoms. The lowest BCUT2D eigenvalue weighted by Gasteiger charge is -2.28. The van der Waals surface area contributed by atoms with E-state index in [0.29, 0.717) is 18.7 Å². The number of nitro groups is 1. The van der Waals surface area contributed by atoms with Gasteiger partial charge >= 0.3 is 11.7 Å². The predicted octanol–water partition coefficient (Wildman–Crippen LogP) is 3.55. The molecule has 0 bridgehead atoms. The zero-order valence-electron chi connectivity index (χ0n) is 11.4. The number of halogens is 1. The molecule has 2 rings (SSSR count). The minimum Gasteiger partial charge on any atom is -0.481 e. The number of hydrogen-bond donors (Lipinski definition) is 2. The van der Waals surface area contributed by atoms with Gasteiger partial charge in [0.15, 0.2) is 0 Å². The highest BCUT2D eigenvalue weighted by atomic mass is 35.5. The van der Waals surface area contributed by atoms with E-state index in [-0.39, 0.29) is 22.5 Å². The number of carboxylic acids is 1. The third kappa shape index (κ3) is 3.64. The molecule has 2 N–H and O–H groups in total. The second kappa shape index (κ2) is 6.76. The summed E-state index contributed by atoms with van der Waals surface area (Å²) in [5, 5.41) is 23.4. The third-order valence-corrected chi connectivity index (χ3v) is 4.26. The summed E-state index contributed by atoms with van der Waals surface area (Å²) < 4.78 is 0. The maximum atomic E-state index is 11.2. The summed E-state index contributed by atoms with van der Waals surface area (Å²) in [6, 6.07) is 4.68. The van der Waals surface area contributed by atoms with Gasteiger partial charge in [0.25, 0.3) is 0 Å². The number of carbonyl (C=O) groups is 1. The normalized spacial score (nSPS) is 21.8. The van der Waals surface area contributed by atoms with Crippen LogP contribution in [0.4, 0.5) is 11.4 Å². The smallest absolute Gasteiger partial charge is 0.310 e. The number of nitro benzene ring substituents is 1. The standard InChI is InChI=1S/C14H17ClN2O4/c15-11-6-3-7-12(13(11)17(20)21)16-8-9-4-1-2-5-10(9)14(18)19/h3,6-7,9-10,16H,1-2,4-5,8H2,(H,18,19). The van der Waals surface area contributed by atoms with Crippen LogP contribution in [0.25, 0.3) is 0 Å². The molecule has 1 aromatic carbocycles. The first kappa shape index (κ1) is 15.6. The molecule has 6 nitrogen and oxygen atoms in total. The van der Waals surface area contributed by atoms with Gasteiger partial charge in [-0.2, -0.15) is 0 Å². The van der Waals surface area contributed by atoms with Crippen LogP contribution in [0.15, 0.2) is 18.2 Å². The molecule has 0 spiro atoms. The summed E-state index contributed by atoms with van der Waals surface area (Å²) in [5.41, 5.74) is 0.170. The number of nitrogens with zero attached hydrogens (tertiary/aromatic N) is 1. The Hall–Kier alpha value is -1.82. The van der Waals surface area contributed by atoms with Crippen molar-refractivity contribution < 1.29 is 14.8 Å². The molecule has 0 amide bonds. The Kier molecular flexibility index (Phi) is 5.01. The molecular weight excluding hydrogens is 296 g/mol. The lowest BCUT2D eigenvalue weighted by molar-refractivity contribution is -0.383. The predicted molar refractivity (Wildman–Crippen MR) is 79.7 cm³/mol. The summed E-state index contributed by atoms with van der Waals surface area (Å²) in [4.78, 5) is 21.8. The minimum atomic E-state index is -0.790. The topological polar surface area (TPSA) is 92.5 Å². The Morgan fingerprint density at radius 1 is 1.43 bits per heavy atom. The van der Waals surface area contributed by atoms with Crippen molar-refractivity contribution in [2.45, 2.75) is 25.7 Å². The second-order valence-electron chi connectivity index (χ2n) is 5.26. The monoisotopic (exact) mass is 312 g/mol. The largest absolute Gasteiger partial charge is 0.481 e. The van der Waals surface area contributed by atoms with E-state index in [2.05, 4.69) is 5.32 Å². The van der Waals surface area contributed by atoms with Gasteiger partial charge in [-0.05, 0) is 30.9 Å². The molecule has 0 aromatic heterocycles. The first-order chi connectivity index (χ1) is 10.0. The molecule has 1 aliphatic carbocycles. The van der Waals surface area contributed by atoms with Crippen molar-refractivity contribution in [1.82, 2.24) is 0 Å². The number of aliphatic carboxylic acids is 1. The molecule has 114 valence electrons.